The summed E-state index contributed by atoms with van der Waals surface area (Å²) in [4.78, 5) is 24.3. The number of aryl methyl sites for hydroxylation is 1. The minimum atomic E-state index is 0.0266. The summed E-state index contributed by atoms with van der Waals surface area (Å²) in [6.45, 7) is 4.81. The van der Waals surface area contributed by atoms with Gasteiger partial charge < -0.3 is 16.4 Å². The number of amides is 1. The number of aromatic nitrogens is 3. The van der Waals surface area contributed by atoms with Gasteiger partial charge in [-0.25, -0.2) is 0 Å². The molecule has 0 saturated carbocycles. The summed E-state index contributed by atoms with van der Waals surface area (Å²) < 4.78 is 0. The molecule has 0 aliphatic rings. The Bertz CT molecular complexity index is 709. The molecule has 0 radical (unpaired) electrons. The Morgan fingerprint density at radius 2 is 2.04 bits per heavy atom. The minimum Gasteiger partial charge on any atom is -0.368 e. The maximum Gasteiger partial charge on any atom is 0.232 e. The van der Waals surface area contributed by atoms with Crippen molar-refractivity contribution in [2.45, 2.75) is 32.4 Å². The van der Waals surface area contributed by atoms with E-state index in [0.29, 0.717) is 23.3 Å². The Morgan fingerprint density at radius 1 is 1.24 bits per heavy atom. The normalized spacial score (nSPS) is 10.5. The molecular formula is C17H24N6OS. The number of carbonyl (C=O) groups is 1. The molecule has 2 rings (SSSR count). The van der Waals surface area contributed by atoms with Gasteiger partial charge in [0.2, 0.25) is 17.8 Å². The van der Waals surface area contributed by atoms with Gasteiger partial charge in [0.25, 0.3) is 0 Å². The largest absolute Gasteiger partial charge is 0.368 e. The van der Waals surface area contributed by atoms with E-state index in [0.717, 1.165) is 30.6 Å². The Kier molecular flexibility index (Phi) is 7.46. The first-order chi connectivity index (χ1) is 12.1. The summed E-state index contributed by atoms with van der Waals surface area (Å²) in [5.41, 5.74) is 7.78. The third-order valence-electron chi connectivity index (χ3n) is 3.41. The van der Waals surface area contributed by atoms with Gasteiger partial charge in [-0.1, -0.05) is 31.5 Å². The highest BCUT2D eigenvalue weighted by atomic mass is 32.2. The third-order valence-corrected chi connectivity index (χ3v) is 4.34. The zero-order valence-corrected chi connectivity index (χ0v) is 15.4. The van der Waals surface area contributed by atoms with Crippen LogP contribution in [0.4, 0.5) is 17.6 Å². The van der Waals surface area contributed by atoms with E-state index < -0.39 is 0 Å². The van der Waals surface area contributed by atoms with Gasteiger partial charge in [-0.15, -0.1) is 11.8 Å². The fourth-order valence-electron chi connectivity index (χ4n) is 2.08. The lowest BCUT2D eigenvalue weighted by atomic mass is 10.2. The fraction of sp³-hybridized carbons (Fsp3) is 0.412. The predicted molar refractivity (Wildman–Crippen MR) is 103 cm³/mol. The molecule has 0 atom stereocenters. The van der Waals surface area contributed by atoms with Crippen LogP contribution in [0.25, 0.3) is 0 Å². The van der Waals surface area contributed by atoms with E-state index in [1.54, 1.807) is 0 Å². The Balaban J connectivity index is 1.90. The summed E-state index contributed by atoms with van der Waals surface area (Å²) in [6.07, 6.45) is 2.06. The van der Waals surface area contributed by atoms with Gasteiger partial charge in [-0.2, -0.15) is 15.0 Å². The highest BCUT2D eigenvalue weighted by Gasteiger charge is 2.08. The molecule has 134 valence electrons. The van der Waals surface area contributed by atoms with Crippen molar-refractivity contribution in [3.8, 4) is 0 Å². The second kappa shape index (κ2) is 9.83. The van der Waals surface area contributed by atoms with Crippen molar-refractivity contribution in [1.29, 1.82) is 0 Å². The van der Waals surface area contributed by atoms with Crippen LogP contribution >= 0.6 is 11.8 Å². The molecule has 1 heterocycles. The van der Waals surface area contributed by atoms with E-state index >= 15 is 0 Å². The van der Waals surface area contributed by atoms with Crippen LogP contribution < -0.4 is 16.4 Å². The number of nitrogens with zero attached hydrogens (tertiary/aromatic N) is 3. The number of carbonyl (C=O) groups excluding carboxylic acids is 1. The first kappa shape index (κ1) is 19.0. The maximum absolute atomic E-state index is 11.7. The molecule has 0 aliphatic heterocycles. The van der Waals surface area contributed by atoms with Crippen LogP contribution in [0, 0.1) is 6.92 Å². The van der Waals surface area contributed by atoms with Crippen LogP contribution in [0.3, 0.4) is 0 Å². The lowest BCUT2D eigenvalue weighted by Gasteiger charge is -2.09. The average Bonchev–Trinajstić information content (AvgIpc) is 2.57. The van der Waals surface area contributed by atoms with E-state index in [1.807, 2.05) is 31.2 Å². The number of hydrogen-bond acceptors (Lipinski definition) is 7. The summed E-state index contributed by atoms with van der Waals surface area (Å²) in [7, 11) is 0. The lowest BCUT2D eigenvalue weighted by molar-refractivity contribution is -0.118. The number of rotatable bonds is 9. The van der Waals surface area contributed by atoms with Gasteiger partial charge in [0.1, 0.15) is 5.82 Å². The van der Waals surface area contributed by atoms with E-state index in [2.05, 4.69) is 32.5 Å². The number of thioether (sulfide) groups is 1. The van der Waals surface area contributed by atoms with Crippen LogP contribution in [0.5, 0.6) is 0 Å². The second-order valence-corrected chi connectivity index (χ2v) is 6.56. The molecule has 0 unspecified atom stereocenters. The van der Waals surface area contributed by atoms with E-state index in [9.17, 15) is 4.79 Å². The number of nitrogen functional groups attached to an aromatic ring is 1. The summed E-state index contributed by atoms with van der Waals surface area (Å²) in [5, 5.41) is 6.04. The summed E-state index contributed by atoms with van der Waals surface area (Å²) >= 11 is 1.45. The molecular weight excluding hydrogens is 336 g/mol. The Morgan fingerprint density at radius 3 is 2.80 bits per heavy atom. The number of benzene rings is 1. The minimum absolute atomic E-state index is 0.0266. The SMILES string of the molecule is CCCCNC(=O)CSCc1nc(N)nc(Nc2ccccc2C)n1. The Hall–Kier alpha value is -2.35. The van der Waals surface area contributed by atoms with Crippen molar-refractivity contribution in [3.63, 3.8) is 0 Å². The number of nitrogens with two attached hydrogens (primary N) is 1. The highest BCUT2D eigenvalue weighted by molar-refractivity contribution is 7.99. The van der Waals surface area contributed by atoms with Gasteiger partial charge in [-0.05, 0) is 25.0 Å². The third kappa shape index (κ3) is 6.58. The predicted octanol–water partition coefficient (Wildman–Crippen LogP) is 2.66. The summed E-state index contributed by atoms with van der Waals surface area (Å²) in [6, 6.07) is 7.86. The molecule has 0 bridgehead atoms. The van der Waals surface area contributed by atoms with Crippen molar-refractivity contribution >= 4 is 35.3 Å². The second-order valence-electron chi connectivity index (χ2n) is 5.57. The van der Waals surface area contributed by atoms with Crippen LogP contribution in [0.2, 0.25) is 0 Å². The number of hydrogen-bond donors (Lipinski definition) is 3. The molecule has 4 N–H and O–H groups in total. The first-order valence-corrected chi connectivity index (χ1v) is 9.41. The standard InChI is InChI=1S/C17H24N6OS/c1-3-4-9-19-15(24)11-25-10-14-21-16(18)23-17(22-14)20-13-8-6-5-7-12(13)2/h5-8H,3-4,9-11H2,1-2H3,(H,19,24)(H3,18,20,21,22,23). The number of para-hydroxylation sites is 1. The first-order valence-electron chi connectivity index (χ1n) is 8.26. The molecule has 0 aliphatic carbocycles. The molecule has 7 nitrogen and oxygen atoms in total. The van der Waals surface area contributed by atoms with Crippen LogP contribution in [0.1, 0.15) is 31.2 Å². The van der Waals surface area contributed by atoms with Crippen LogP contribution in [-0.2, 0) is 10.5 Å². The van der Waals surface area contributed by atoms with Gasteiger partial charge in [0, 0.05) is 12.2 Å². The summed E-state index contributed by atoms with van der Waals surface area (Å²) in [5.74, 6) is 2.01. The topological polar surface area (TPSA) is 106 Å². The number of nitrogens with one attached hydrogen (secondary N) is 2. The monoisotopic (exact) mass is 360 g/mol. The van der Waals surface area contributed by atoms with Crippen molar-refractivity contribution in [3.05, 3.63) is 35.7 Å². The molecule has 1 aromatic carbocycles. The van der Waals surface area contributed by atoms with Gasteiger partial charge >= 0.3 is 0 Å². The van der Waals surface area contributed by atoms with Crippen LogP contribution in [-0.4, -0.2) is 33.2 Å². The number of unbranched alkanes of at least 4 members (excludes halogenated alkanes) is 1. The lowest BCUT2D eigenvalue weighted by Crippen LogP contribution is -2.26. The molecule has 1 aromatic heterocycles. The molecule has 0 fully saturated rings. The smallest absolute Gasteiger partial charge is 0.232 e. The average molecular weight is 360 g/mol. The van der Waals surface area contributed by atoms with Crippen LogP contribution in [0.15, 0.2) is 24.3 Å². The zero-order chi connectivity index (χ0) is 18.1. The van der Waals surface area contributed by atoms with Crippen molar-refractivity contribution in [2.75, 3.05) is 23.3 Å². The molecule has 1 amide bonds. The van der Waals surface area contributed by atoms with E-state index in [4.69, 9.17) is 5.73 Å². The highest BCUT2D eigenvalue weighted by Crippen LogP contribution is 2.18. The van der Waals surface area contributed by atoms with Gasteiger partial charge in [0.05, 0.1) is 11.5 Å². The van der Waals surface area contributed by atoms with Crippen molar-refractivity contribution in [2.24, 2.45) is 0 Å². The maximum atomic E-state index is 11.7. The molecule has 0 spiro atoms. The van der Waals surface area contributed by atoms with Gasteiger partial charge in [-0.3, -0.25) is 4.79 Å². The van der Waals surface area contributed by atoms with Gasteiger partial charge in [0.15, 0.2) is 0 Å². The molecule has 25 heavy (non-hydrogen) atoms. The van der Waals surface area contributed by atoms with Crippen molar-refractivity contribution < 1.29 is 4.79 Å². The fourth-order valence-corrected chi connectivity index (χ4v) is 2.78. The Labute approximate surface area is 152 Å². The quantitative estimate of drug-likeness (QED) is 0.590. The number of anilines is 3. The zero-order valence-electron chi connectivity index (χ0n) is 14.6. The molecule has 0 saturated heterocycles. The van der Waals surface area contributed by atoms with Crippen molar-refractivity contribution in [1.82, 2.24) is 20.3 Å². The van der Waals surface area contributed by atoms with E-state index in [1.165, 1.54) is 11.8 Å². The van der Waals surface area contributed by atoms with E-state index in [-0.39, 0.29) is 11.9 Å². The molecule has 2 aromatic rings. The molecule has 8 heteroatoms.